The number of benzene rings is 1. The third-order valence-electron chi connectivity index (χ3n) is 2.93. The van der Waals surface area contributed by atoms with Crippen molar-refractivity contribution in [3.63, 3.8) is 0 Å². The Morgan fingerprint density at radius 1 is 1.31 bits per heavy atom. The van der Waals surface area contributed by atoms with Crippen molar-refractivity contribution >= 4 is 5.57 Å². The molecular weight excluding hydrogens is 194 g/mol. The normalized spacial score (nSPS) is 11.9. The van der Waals surface area contributed by atoms with E-state index in [0.29, 0.717) is 0 Å². The van der Waals surface area contributed by atoms with E-state index in [1.807, 2.05) is 7.05 Å². The van der Waals surface area contributed by atoms with Crippen LogP contribution >= 0.6 is 0 Å². The zero-order chi connectivity index (χ0) is 12.0. The van der Waals surface area contributed by atoms with Crippen LogP contribution in [0.3, 0.4) is 0 Å². The Kier molecular flexibility index (Phi) is 5.27. The molecule has 0 amide bonds. The Balaban J connectivity index is 3.18. The van der Waals surface area contributed by atoms with Gasteiger partial charge in [0.05, 0.1) is 0 Å². The summed E-state index contributed by atoms with van der Waals surface area (Å²) in [7, 11) is 2.00. The van der Waals surface area contributed by atoms with E-state index < -0.39 is 0 Å². The molecule has 0 radical (unpaired) electrons. The molecule has 1 nitrogen and oxygen atoms in total. The molecule has 1 rings (SSSR count). The van der Waals surface area contributed by atoms with Gasteiger partial charge in [0.15, 0.2) is 0 Å². The molecule has 0 fully saturated rings. The first-order valence-electron chi connectivity index (χ1n) is 6.17. The molecule has 1 aromatic carbocycles. The van der Waals surface area contributed by atoms with Gasteiger partial charge in [0.1, 0.15) is 0 Å². The van der Waals surface area contributed by atoms with Crippen LogP contribution in [0.5, 0.6) is 0 Å². The fourth-order valence-corrected chi connectivity index (χ4v) is 2.19. The van der Waals surface area contributed by atoms with Crippen molar-refractivity contribution in [3.05, 3.63) is 41.0 Å². The summed E-state index contributed by atoms with van der Waals surface area (Å²) in [4.78, 5) is 0. The summed E-state index contributed by atoms with van der Waals surface area (Å²) in [5, 5.41) is 3.24. The summed E-state index contributed by atoms with van der Waals surface area (Å²) in [6.07, 6.45) is 4.50. The molecule has 88 valence electrons. The second kappa shape index (κ2) is 6.49. The molecular formula is C15H23N. The number of hydrogen-bond donors (Lipinski definition) is 1. The van der Waals surface area contributed by atoms with Crippen LogP contribution < -0.4 is 5.32 Å². The molecule has 0 heterocycles. The Bertz CT molecular complexity index is 364. The Morgan fingerprint density at radius 2 is 2.06 bits per heavy atom. The fraction of sp³-hybridized carbons (Fsp3) is 0.467. The first-order chi connectivity index (χ1) is 7.74. The number of rotatable bonds is 5. The van der Waals surface area contributed by atoms with Crippen LogP contribution in [0.15, 0.2) is 24.3 Å². The van der Waals surface area contributed by atoms with Gasteiger partial charge in [-0.05, 0) is 49.1 Å². The van der Waals surface area contributed by atoms with E-state index in [-0.39, 0.29) is 0 Å². The third kappa shape index (κ3) is 2.96. The van der Waals surface area contributed by atoms with Crippen molar-refractivity contribution < 1.29 is 0 Å². The van der Waals surface area contributed by atoms with Gasteiger partial charge in [0.25, 0.3) is 0 Å². The fourth-order valence-electron chi connectivity index (χ4n) is 2.19. The second-order valence-electron chi connectivity index (χ2n) is 4.12. The largest absolute Gasteiger partial charge is 0.316 e. The van der Waals surface area contributed by atoms with Crippen LogP contribution in [-0.4, -0.2) is 7.05 Å². The van der Waals surface area contributed by atoms with Gasteiger partial charge in [0, 0.05) is 6.54 Å². The molecule has 1 N–H and O–H groups in total. The Labute approximate surface area is 99.6 Å². The minimum atomic E-state index is 0.955. The first-order valence-corrected chi connectivity index (χ1v) is 6.17. The molecule has 1 heteroatoms. The smallest absolute Gasteiger partial charge is 0.0205 e. The zero-order valence-corrected chi connectivity index (χ0v) is 10.9. The summed E-state index contributed by atoms with van der Waals surface area (Å²) in [6.45, 7) is 7.58. The predicted octanol–water partition coefficient (Wildman–Crippen LogP) is 3.78. The molecule has 0 aliphatic carbocycles. The van der Waals surface area contributed by atoms with E-state index >= 15 is 0 Å². The minimum absolute atomic E-state index is 0.955. The molecule has 0 saturated carbocycles. The van der Waals surface area contributed by atoms with Crippen LogP contribution in [0.2, 0.25) is 0 Å². The lowest BCUT2D eigenvalue weighted by Crippen LogP contribution is -2.08. The van der Waals surface area contributed by atoms with Gasteiger partial charge in [0.2, 0.25) is 0 Å². The molecule has 0 unspecified atom stereocenters. The van der Waals surface area contributed by atoms with Crippen LogP contribution in [0, 0.1) is 0 Å². The lowest BCUT2D eigenvalue weighted by Gasteiger charge is -2.14. The average Bonchev–Trinajstić information content (AvgIpc) is 2.29. The van der Waals surface area contributed by atoms with Crippen LogP contribution in [0.25, 0.3) is 5.57 Å². The zero-order valence-electron chi connectivity index (χ0n) is 10.9. The van der Waals surface area contributed by atoms with E-state index in [1.54, 1.807) is 0 Å². The van der Waals surface area contributed by atoms with Gasteiger partial charge >= 0.3 is 0 Å². The Morgan fingerprint density at radius 3 is 2.62 bits per heavy atom. The standard InChI is InChI=1S/C15H23N/c1-5-8-12(3)15-10-7-9-13(11-16-4)14(15)6-2/h7-10,16H,5-6,11H2,1-4H3/b12-8+. The minimum Gasteiger partial charge on any atom is -0.316 e. The van der Waals surface area contributed by atoms with E-state index in [9.17, 15) is 0 Å². The Hall–Kier alpha value is -1.08. The second-order valence-corrected chi connectivity index (χ2v) is 4.12. The molecule has 0 saturated heterocycles. The molecule has 0 bridgehead atoms. The lowest BCUT2D eigenvalue weighted by molar-refractivity contribution is 0.805. The van der Waals surface area contributed by atoms with Gasteiger partial charge in [-0.1, -0.05) is 38.1 Å². The maximum absolute atomic E-state index is 3.24. The topological polar surface area (TPSA) is 12.0 Å². The van der Waals surface area contributed by atoms with Crippen molar-refractivity contribution in [1.82, 2.24) is 5.32 Å². The molecule has 16 heavy (non-hydrogen) atoms. The molecule has 0 spiro atoms. The maximum Gasteiger partial charge on any atom is 0.0205 e. The van der Waals surface area contributed by atoms with Crippen LogP contribution in [-0.2, 0) is 13.0 Å². The van der Waals surface area contributed by atoms with Gasteiger partial charge in [-0.25, -0.2) is 0 Å². The quantitative estimate of drug-likeness (QED) is 0.791. The van der Waals surface area contributed by atoms with Crippen LogP contribution in [0.1, 0.15) is 43.9 Å². The first kappa shape index (κ1) is 13.0. The molecule has 0 aliphatic heterocycles. The van der Waals surface area contributed by atoms with Gasteiger partial charge in [-0.2, -0.15) is 0 Å². The van der Waals surface area contributed by atoms with Gasteiger partial charge < -0.3 is 5.32 Å². The highest BCUT2D eigenvalue weighted by atomic mass is 14.8. The summed E-state index contributed by atoms with van der Waals surface area (Å²) in [5.74, 6) is 0. The van der Waals surface area contributed by atoms with Crippen LogP contribution in [0.4, 0.5) is 0 Å². The van der Waals surface area contributed by atoms with E-state index in [1.165, 1.54) is 22.3 Å². The van der Waals surface area contributed by atoms with Gasteiger partial charge in [-0.15, -0.1) is 0 Å². The van der Waals surface area contributed by atoms with E-state index in [4.69, 9.17) is 0 Å². The molecule has 0 atom stereocenters. The molecule has 1 aromatic rings. The third-order valence-corrected chi connectivity index (χ3v) is 2.93. The van der Waals surface area contributed by atoms with Crippen molar-refractivity contribution in [2.45, 2.75) is 40.2 Å². The van der Waals surface area contributed by atoms with E-state index in [2.05, 4.69) is 50.4 Å². The SMILES string of the molecule is CC/C=C(\C)c1cccc(CNC)c1CC. The van der Waals surface area contributed by atoms with E-state index in [0.717, 1.165) is 19.4 Å². The van der Waals surface area contributed by atoms with Crippen molar-refractivity contribution in [2.24, 2.45) is 0 Å². The summed E-state index contributed by atoms with van der Waals surface area (Å²) in [5.41, 5.74) is 5.72. The van der Waals surface area contributed by atoms with Gasteiger partial charge in [-0.3, -0.25) is 0 Å². The van der Waals surface area contributed by atoms with Crippen molar-refractivity contribution in [1.29, 1.82) is 0 Å². The molecule has 0 aromatic heterocycles. The molecule has 0 aliphatic rings. The highest BCUT2D eigenvalue weighted by Crippen LogP contribution is 2.23. The average molecular weight is 217 g/mol. The monoisotopic (exact) mass is 217 g/mol. The number of allylic oxidation sites excluding steroid dienone is 2. The van der Waals surface area contributed by atoms with Crippen molar-refractivity contribution in [3.8, 4) is 0 Å². The van der Waals surface area contributed by atoms with Crippen molar-refractivity contribution in [2.75, 3.05) is 7.05 Å². The predicted molar refractivity (Wildman–Crippen MR) is 72.5 cm³/mol. The summed E-state index contributed by atoms with van der Waals surface area (Å²) in [6, 6.07) is 6.62. The number of nitrogens with one attached hydrogen (secondary N) is 1. The summed E-state index contributed by atoms with van der Waals surface area (Å²) >= 11 is 0. The maximum atomic E-state index is 3.24. The lowest BCUT2D eigenvalue weighted by atomic mass is 9.94. The number of hydrogen-bond acceptors (Lipinski definition) is 1. The highest BCUT2D eigenvalue weighted by molar-refractivity contribution is 5.67. The highest BCUT2D eigenvalue weighted by Gasteiger charge is 2.06. The summed E-state index contributed by atoms with van der Waals surface area (Å²) < 4.78 is 0.